The van der Waals surface area contributed by atoms with E-state index in [1.165, 1.54) is 4.68 Å². The number of nitrogens with two attached hydrogens (primary N) is 1. The fourth-order valence-electron chi connectivity index (χ4n) is 1.63. The topological polar surface area (TPSA) is 90.4 Å². The summed E-state index contributed by atoms with van der Waals surface area (Å²) in [4.78, 5) is 11.0. The third kappa shape index (κ3) is 1.88. The first-order valence-corrected chi connectivity index (χ1v) is 5.27. The SMILES string of the molecule is COc1ccc(-n2nc(C(=O)O)c(C)c2N)cc1. The minimum absolute atomic E-state index is 0.0386. The molecule has 0 bridgehead atoms. The predicted octanol–water partition coefficient (Wildman–Crippen LogP) is 1.47. The zero-order valence-electron chi connectivity index (χ0n) is 10.0. The largest absolute Gasteiger partial charge is 0.497 e. The smallest absolute Gasteiger partial charge is 0.356 e. The second kappa shape index (κ2) is 4.40. The number of ether oxygens (including phenoxy) is 1. The molecule has 3 N–H and O–H groups in total. The molecule has 1 aromatic heterocycles. The number of anilines is 1. The van der Waals surface area contributed by atoms with Crippen LogP contribution in [0.25, 0.3) is 5.69 Å². The molecular formula is C12H13N3O3. The Morgan fingerprint density at radius 2 is 2.00 bits per heavy atom. The number of hydrogen-bond acceptors (Lipinski definition) is 4. The Labute approximate surface area is 104 Å². The van der Waals surface area contributed by atoms with Gasteiger partial charge in [-0.2, -0.15) is 5.10 Å². The zero-order chi connectivity index (χ0) is 13.3. The number of carboxylic acid groups (broad SMARTS) is 1. The van der Waals surface area contributed by atoms with Crippen molar-refractivity contribution in [3.05, 3.63) is 35.5 Å². The van der Waals surface area contributed by atoms with Crippen LogP contribution in [0.5, 0.6) is 5.75 Å². The second-order valence-corrected chi connectivity index (χ2v) is 3.77. The van der Waals surface area contributed by atoms with Gasteiger partial charge in [-0.3, -0.25) is 0 Å². The molecule has 0 aliphatic carbocycles. The molecule has 0 amide bonds. The molecule has 1 heterocycles. The number of rotatable bonds is 3. The van der Waals surface area contributed by atoms with Crippen molar-refractivity contribution in [1.29, 1.82) is 0 Å². The normalized spacial score (nSPS) is 10.3. The van der Waals surface area contributed by atoms with E-state index < -0.39 is 5.97 Å². The van der Waals surface area contributed by atoms with Crippen LogP contribution < -0.4 is 10.5 Å². The van der Waals surface area contributed by atoms with Gasteiger partial charge in [-0.25, -0.2) is 9.48 Å². The first-order chi connectivity index (χ1) is 8.54. The van der Waals surface area contributed by atoms with E-state index >= 15 is 0 Å². The molecule has 2 rings (SSSR count). The molecule has 6 nitrogen and oxygen atoms in total. The van der Waals surface area contributed by atoms with Crippen LogP contribution in [0, 0.1) is 6.92 Å². The molecule has 0 aliphatic rings. The van der Waals surface area contributed by atoms with E-state index in [9.17, 15) is 4.79 Å². The number of methoxy groups -OCH3 is 1. The van der Waals surface area contributed by atoms with E-state index in [0.29, 0.717) is 22.8 Å². The van der Waals surface area contributed by atoms with Crippen LogP contribution in [0.15, 0.2) is 24.3 Å². The molecule has 0 unspecified atom stereocenters. The van der Waals surface area contributed by atoms with Gasteiger partial charge in [0.05, 0.1) is 12.8 Å². The Bertz CT molecular complexity index is 587. The van der Waals surface area contributed by atoms with Crippen LogP contribution in [-0.4, -0.2) is 28.0 Å². The molecule has 0 spiro atoms. The van der Waals surface area contributed by atoms with Gasteiger partial charge in [0.2, 0.25) is 0 Å². The van der Waals surface area contributed by atoms with Crippen LogP contribution in [0.4, 0.5) is 5.82 Å². The van der Waals surface area contributed by atoms with Crippen molar-refractivity contribution in [2.75, 3.05) is 12.8 Å². The third-order valence-corrected chi connectivity index (χ3v) is 2.69. The maximum absolute atomic E-state index is 11.0. The highest BCUT2D eigenvalue weighted by Gasteiger charge is 2.18. The highest BCUT2D eigenvalue weighted by molar-refractivity contribution is 5.88. The fourth-order valence-corrected chi connectivity index (χ4v) is 1.63. The fraction of sp³-hybridized carbons (Fsp3) is 0.167. The Morgan fingerprint density at radius 1 is 1.39 bits per heavy atom. The number of aromatic nitrogens is 2. The lowest BCUT2D eigenvalue weighted by molar-refractivity contribution is 0.0689. The van der Waals surface area contributed by atoms with Crippen molar-refractivity contribution >= 4 is 11.8 Å². The molecule has 6 heteroatoms. The molecule has 0 saturated carbocycles. The Balaban J connectivity index is 2.50. The minimum atomic E-state index is -1.09. The number of benzene rings is 1. The number of carbonyl (C=O) groups is 1. The third-order valence-electron chi connectivity index (χ3n) is 2.69. The highest BCUT2D eigenvalue weighted by atomic mass is 16.5. The number of carboxylic acids is 1. The lowest BCUT2D eigenvalue weighted by Gasteiger charge is -2.05. The van der Waals surface area contributed by atoms with Gasteiger partial charge in [0.15, 0.2) is 5.69 Å². The molecule has 94 valence electrons. The summed E-state index contributed by atoms with van der Waals surface area (Å²) >= 11 is 0. The highest BCUT2D eigenvalue weighted by Crippen LogP contribution is 2.21. The molecule has 0 atom stereocenters. The van der Waals surface area contributed by atoms with Gasteiger partial charge in [-0.15, -0.1) is 0 Å². The Hall–Kier alpha value is -2.50. The van der Waals surface area contributed by atoms with Crippen LogP contribution >= 0.6 is 0 Å². The van der Waals surface area contributed by atoms with E-state index in [0.717, 1.165) is 0 Å². The van der Waals surface area contributed by atoms with Crippen molar-refractivity contribution in [1.82, 2.24) is 9.78 Å². The molecular weight excluding hydrogens is 234 g/mol. The average Bonchev–Trinajstić information content (AvgIpc) is 2.67. The van der Waals surface area contributed by atoms with Crippen LogP contribution in [0.1, 0.15) is 16.1 Å². The maximum Gasteiger partial charge on any atom is 0.356 e. The van der Waals surface area contributed by atoms with E-state index in [4.69, 9.17) is 15.6 Å². The number of nitrogens with zero attached hydrogens (tertiary/aromatic N) is 2. The van der Waals surface area contributed by atoms with Gasteiger partial charge in [0.1, 0.15) is 11.6 Å². The molecule has 0 fully saturated rings. The Kier molecular flexibility index (Phi) is 2.93. The zero-order valence-corrected chi connectivity index (χ0v) is 10.0. The Morgan fingerprint density at radius 3 is 2.44 bits per heavy atom. The van der Waals surface area contributed by atoms with Crippen molar-refractivity contribution in [2.45, 2.75) is 6.92 Å². The van der Waals surface area contributed by atoms with Gasteiger partial charge in [-0.1, -0.05) is 0 Å². The summed E-state index contributed by atoms with van der Waals surface area (Å²) in [6.45, 7) is 1.63. The van der Waals surface area contributed by atoms with Gasteiger partial charge in [-0.05, 0) is 31.2 Å². The predicted molar refractivity (Wildman–Crippen MR) is 66.2 cm³/mol. The number of hydrogen-bond donors (Lipinski definition) is 2. The maximum atomic E-state index is 11.0. The van der Waals surface area contributed by atoms with E-state index in [-0.39, 0.29) is 5.69 Å². The monoisotopic (exact) mass is 247 g/mol. The van der Waals surface area contributed by atoms with Gasteiger partial charge in [0, 0.05) is 5.56 Å². The standard InChI is InChI=1S/C12H13N3O3/c1-7-10(12(16)17)14-15(11(7)13)8-3-5-9(18-2)6-4-8/h3-6H,13H2,1-2H3,(H,16,17). The van der Waals surface area contributed by atoms with E-state index in [1.54, 1.807) is 38.3 Å². The second-order valence-electron chi connectivity index (χ2n) is 3.77. The summed E-state index contributed by atoms with van der Waals surface area (Å²) in [6.07, 6.45) is 0. The molecule has 2 aromatic rings. The van der Waals surface area contributed by atoms with Crippen LogP contribution in [-0.2, 0) is 0 Å². The van der Waals surface area contributed by atoms with Gasteiger partial charge < -0.3 is 15.6 Å². The van der Waals surface area contributed by atoms with Crippen molar-refractivity contribution in [2.24, 2.45) is 0 Å². The lowest BCUT2D eigenvalue weighted by Crippen LogP contribution is -2.03. The number of aromatic carboxylic acids is 1. The minimum Gasteiger partial charge on any atom is -0.497 e. The summed E-state index contributed by atoms with van der Waals surface area (Å²) in [5.74, 6) is -0.0660. The first kappa shape index (κ1) is 12.0. The van der Waals surface area contributed by atoms with Crippen LogP contribution in [0.3, 0.4) is 0 Å². The van der Waals surface area contributed by atoms with Crippen molar-refractivity contribution in [3.63, 3.8) is 0 Å². The molecule has 0 saturated heterocycles. The molecule has 0 aliphatic heterocycles. The summed E-state index contributed by atoms with van der Waals surface area (Å²) in [5, 5.41) is 13.0. The summed E-state index contributed by atoms with van der Waals surface area (Å²) in [5.41, 5.74) is 6.95. The first-order valence-electron chi connectivity index (χ1n) is 5.27. The summed E-state index contributed by atoms with van der Waals surface area (Å²) in [7, 11) is 1.57. The average molecular weight is 247 g/mol. The molecule has 18 heavy (non-hydrogen) atoms. The molecule has 0 radical (unpaired) electrons. The quantitative estimate of drug-likeness (QED) is 0.857. The van der Waals surface area contributed by atoms with E-state index in [2.05, 4.69) is 5.10 Å². The molecule has 1 aromatic carbocycles. The van der Waals surface area contributed by atoms with Crippen molar-refractivity contribution < 1.29 is 14.6 Å². The van der Waals surface area contributed by atoms with Gasteiger partial charge in [0.25, 0.3) is 0 Å². The number of nitrogen functional groups attached to an aromatic ring is 1. The van der Waals surface area contributed by atoms with Crippen molar-refractivity contribution in [3.8, 4) is 11.4 Å². The van der Waals surface area contributed by atoms with Gasteiger partial charge >= 0.3 is 5.97 Å². The summed E-state index contributed by atoms with van der Waals surface area (Å²) < 4.78 is 6.45. The summed E-state index contributed by atoms with van der Waals surface area (Å²) in [6, 6.07) is 7.03. The lowest BCUT2D eigenvalue weighted by atomic mass is 10.2. The van der Waals surface area contributed by atoms with Crippen LogP contribution in [0.2, 0.25) is 0 Å². The van der Waals surface area contributed by atoms with E-state index in [1.807, 2.05) is 0 Å².